The van der Waals surface area contributed by atoms with Crippen molar-refractivity contribution in [3.05, 3.63) is 0 Å². The van der Waals surface area contributed by atoms with Crippen LogP contribution in [0.3, 0.4) is 0 Å². The quantitative estimate of drug-likeness (QED) is 0.404. The molecule has 0 unspecified atom stereocenters. The molecule has 0 aromatic rings. The second kappa shape index (κ2) is 3.36. The summed E-state index contributed by atoms with van der Waals surface area (Å²) in [6.45, 7) is 1.82. The summed E-state index contributed by atoms with van der Waals surface area (Å²) in [7, 11) is -2.17. The molecule has 0 atom stereocenters. The molecular formula is CH7BO3Si. The molecule has 6 heavy (non-hydrogen) atoms. The summed E-state index contributed by atoms with van der Waals surface area (Å²) in [5.74, 6) is 0. The predicted molar refractivity (Wildman–Crippen MR) is 25.7 cm³/mol. The van der Waals surface area contributed by atoms with Crippen LogP contribution in [0.15, 0.2) is 0 Å². The van der Waals surface area contributed by atoms with Crippen LogP contribution in [0.4, 0.5) is 0 Å². The zero-order valence-electron chi connectivity index (χ0n) is 3.59. The topological polar surface area (TPSA) is 49.7 Å². The molecule has 0 aliphatic heterocycles. The van der Waals surface area contributed by atoms with Crippen molar-refractivity contribution in [2.24, 2.45) is 0 Å². The molecule has 0 aromatic carbocycles. The zero-order valence-corrected chi connectivity index (χ0v) is 5.00. The van der Waals surface area contributed by atoms with E-state index < -0.39 is 17.1 Å². The van der Waals surface area contributed by atoms with E-state index in [1.54, 1.807) is 0 Å². The summed E-state index contributed by atoms with van der Waals surface area (Å²) >= 11 is 0. The van der Waals surface area contributed by atoms with E-state index in [-0.39, 0.29) is 0 Å². The van der Waals surface area contributed by atoms with Crippen molar-refractivity contribution < 1.29 is 14.4 Å². The van der Waals surface area contributed by atoms with Gasteiger partial charge in [0.15, 0.2) is 0 Å². The Bertz CT molecular complexity index is 32.0. The van der Waals surface area contributed by atoms with E-state index in [4.69, 9.17) is 10.0 Å². The first-order valence-corrected chi connectivity index (χ1v) is 3.74. The van der Waals surface area contributed by atoms with E-state index in [0.717, 1.165) is 0 Å². The molecule has 0 aromatic heterocycles. The average molecular weight is 106 g/mol. The molecule has 0 heterocycles. The Morgan fingerprint density at radius 3 is 2.17 bits per heavy atom. The molecule has 2 N–H and O–H groups in total. The largest absolute Gasteiger partial charge is 0.622 e. The minimum atomic E-state index is -1.54. The smallest absolute Gasteiger partial charge is 0.434 e. The molecular weight excluding hydrogens is 98.9 g/mol. The van der Waals surface area contributed by atoms with E-state index >= 15 is 0 Å². The third-order valence-electron chi connectivity index (χ3n) is 0.316. The Morgan fingerprint density at radius 2 is 2.17 bits per heavy atom. The molecule has 0 saturated carbocycles. The Morgan fingerprint density at radius 1 is 1.67 bits per heavy atom. The molecule has 36 valence electrons. The van der Waals surface area contributed by atoms with Gasteiger partial charge in [0.2, 0.25) is 0 Å². The summed E-state index contributed by atoms with van der Waals surface area (Å²) in [4.78, 5) is 0. The van der Waals surface area contributed by atoms with Gasteiger partial charge < -0.3 is 14.4 Å². The molecule has 3 nitrogen and oxygen atoms in total. The zero-order chi connectivity index (χ0) is 4.99. The van der Waals surface area contributed by atoms with Gasteiger partial charge in [-0.05, 0) is 0 Å². The van der Waals surface area contributed by atoms with Gasteiger partial charge in [-0.15, -0.1) is 0 Å². The maximum absolute atomic E-state index is 7.92. The fraction of sp³-hybridized carbons (Fsp3) is 1.00. The Labute approximate surface area is 39.1 Å². The van der Waals surface area contributed by atoms with Crippen LogP contribution in [0.1, 0.15) is 0 Å². The highest BCUT2D eigenvalue weighted by atomic mass is 28.2. The van der Waals surface area contributed by atoms with Gasteiger partial charge >= 0.3 is 7.32 Å². The maximum Gasteiger partial charge on any atom is 0.622 e. The van der Waals surface area contributed by atoms with Crippen LogP contribution in [0.25, 0.3) is 0 Å². The molecule has 5 heteroatoms. The highest BCUT2D eigenvalue weighted by Crippen LogP contribution is 1.66. The first kappa shape index (κ1) is 6.16. The van der Waals surface area contributed by atoms with Gasteiger partial charge in [-0.2, -0.15) is 0 Å². The molecule has 0 fully saturated rings. The van der Waals surface area contributed by atoms with Crippen molar-refractivity contribution >= 4 is 17.1 Å². The third-order valence-corrected chi connectivity index (χ3v) is 0.947. The van der Waals surface area contributed by atoms with Crippen LogP contribution in [-0.2, 0) is 4.34 Å². The summed E-state index contributed by atoms with van der Waals surface area (Å²) in [6.07, 6.45) is 0. The van der Waals surface area contributed by atoms with Crippen molar-refractivity contribution in [2.45, 2.75) is 6.55 Å². The Kier molecular flexibility index (Phi) is 3.45. The molecule has 0 bridgehead atoms. The molecule has 0 amide bonds. The molecule has 0 saturated heterocycles. The second-order valence-electron chi connectivity index (χ2n) is 0.782. The lowest BCUT2D eigenvalue weighted by Gasteiger charge is -1.91. The first-order chi connectivity index (χ1) is 2.77. The molecule has 0 aliphatic carbocycles. The molecule has 0 radical (unpaired) electrons. The van der Waals surface area contributed by atoms with Gasteiger partial charge in [-0.25, -0.2) is 0 Å². The fourth-order valence-electron chi connectivity index (χ4n) is 0.149. The molecule has 0 aliphatic rings. The first-order valence-electron chi connectivity index (χ1n) is 1.75. The van der Waals surface area contributed by atoms with Crippen LogP contribution < -0.4 is 0 Å². The monoisotopic (exact) mass is 106 g/mol. The average Bonchev–Trinajstić information content (AvgIpc) is 1.35. The van der Waals surface area contributed by atoms with Crippen LogP contribution in [0.2, 0.25) is 6.55 Å². The Hall–Kier alpha value is 0.162. The standard InChI is InChI=1S/CH7BO3Si/c1-6-5-2(3)4/h3-4H,6H2,1H3. The van der Waals surface area contributed by atoms with Crippen LogP contribution in [0.5, 0.6) is 0 Å². The SMILES string of the molecule is C[SiH2]OB(O)O. The van der Waals surface area contributed by atoms with Crippen LogP contribution in [-0.4, -0.2) is 27.1 Å². The van der Waals surface area contributed by atoms with E-state index in [0.29, 0.717) is 0 Å². The third kappa shape index (κ3) is 4.16. The van der Waals surface area contributed by atoms with E-state index in [9.17, 15) is 0 Å². The normalized spacial score (nSPS) is 10.5. The lowest BCUT2D eigenvalue weighted by Crippen LogP contribution is -2.17. The minimum absolute atomic E-state index is 0.633. The lowest BCUT2D eigenvalue weighted by atomic mass is 10.3. The van der Waals surface area contributed by atoms with Gasteiger partial charge in [-0.3, -0.25) is 0 Å². The van der Waals surface area contributed by atoms with Gasteiger partial charge in [0.1, 0.15) is 9.76 Å². The number of hydrogen-bond acceptors (Lipinski definition) is 3. The Balaban J connectivity index is 2.63. The van der Waals surface area contributed by atoms with Gasteiger partial charge in [-0.1, -0.05) is 6.55 Å². The van der Waals surface area contributed by atoms with Crippen molar-refractivity contribution in [1.29, 1.82) is 0 Å². The highest BCUT2D eigenvalue weighted by Gasteiger charge is 2.02. The second-order valence-corrected chi connectivity index (χ2v) is 1.69. The summed E-state index contributed by atoms with van der Waals surface area (Å²) in [6, 6.07) is 0. The number of hydrogen-bond donors (Lipinski definition) is 2. The van der Waals surface area contributed by atoms with Crippen LogP contribution in [0, 0.1) is 0 Å². The van der Waals surface area contributed by atoms with E-state index in [1.165, 1.54) is 0 Å². The minimum Gasteiger partial charge on any atom is -0.434 e. The summed E-state index contributed by atoms with van der Waals surface area (Å²) in [5.41, 5.74) is 0. The van der Waals surface area contributed by atoms with Crippen molar-refractivity contribution in [3.8, 4) is 0 Å². The van der Waals surface area contributed by atoms with Crippen molar-refractivity contribution in [1.82, 2.24) is 0 Å². The lowest BCUT2D eigenvalue weighted by molar-refractivity contribution is 0.296. The maximum atomic E-state index is 7.92. The van der Waals surface area contributed by atoms with E-state index in [2.05, 4.69) is 4.34 Å². The van der Waals surface area contributed by atoms with Crippen molar-refractivity contribution in [3.63, 3.8) is 0 Å². The van der Waals surface area contributed by atoms with Gasteiger partial charge in [0, 0.05) is 0 Å². The summed E-state index contributed by atoms with van der Waals surface area (Å²) in [5, 5.41) is 15.8. The highest BCUT2D eigenvalue weighted by molar-refractivity contribution is 6.45. The molecule has 0 rings (SSSR count). The predicted octanol–water partition coefficient (Wildman–Crippen LogP) is -1.90. The van der Waals surface area contributed by atoms with Crippen molar-refractivity contribution in [2.75, 3.05) is 0 Å². The van der Waals surface area contributed by atoms with Gasteiger partial charge in [0.05, 0.1) is 0 Å². The van der Waals surface area contributed by atoms with E-state index in [1.807, 2.05) is 6.55 Å². The summed E-state index contributed by atoms with van der Waals surface area (Å²) < 4.78 is 4.29. The number of rotatable bonds is 2. The van der Waals surface area contributed by atoms with Gasteiger partial charge in [0.25, 0.3) is 0 Å². The molecule has 0 spiro atoms. The van der Waals surface area contributed by atoms with Crippen LogP contribution >= 0.6 is 0 Å². The fourth-order valence-corrected chi connectivity index (χ4v) is 0.447.